The Morgan fingerprint density at radius 2 is 1.79 bits per heavy atom. The molecule has 168 valence electrons. The van der Waals surface area contributed by atoms with Crippen LogP contribution in [-0.4, -0.2) is 22.3 Å². The smallest absolute Gasteiger partial charge is 0.456 e. The molecular weight excluding hydrogens is 463 g/mol. The van der Waals surface area contributed by atoms with Crippen molar-refractivity contribution in [3.63, 3.8) is 0 Å². The Morgan fingerprint density at radius 1 is 1.09 bits per heavy atom. The monoisotopic (exact) mass is 475 g/mol. The lowest BCUT2D eigenvalue weighted by atomic mass is 10.1. The minimum Gasteiger partial charge on any atom is -0.456 e. The predicted octanol–water partition coefficient (Wildman–Crippen LogP) is 5.02. The van der Waals surface area contributed by atoms with Crippen molar-refractivity contribution >= 4 is 40.7 Å². The molecule has 0 atom stereocenters. The molecule has 0 spiro atoms. The minimum absolute atomic E-state index is 0.0150. The first-order valence-corrected chi connectivity index (χ1v) is 9.60. The molecule has 1 N–H and O–H groups in total. The van der Waals surface area contributed by atoms with Crippen LogP contribution in [0, 0.1) is 10.1 Å². The molecular formula is C21H12F3N3O5S. The number of rotatable bonds is 5. The quantitative estimate of drug-likeness (QED) is 0.240. The van der Waals surface area contributed by atoms with E-state index in [4.69, 9.17) is 16.6 Å². The lowest BCUT2D eigenvalue weighted by molar-refractivity contribution is -0.384. The maximum Gasteiger partial charge on any atom is 0.573 e. The van der Waals surface area contributed by atoms with Gasteiger partial charge in [-0.25, -0.2) is 0 Å². The van der Waals surface area contributed by atoms with E-state index in [-0.39, 0.29) is 39.3 Å². The number of alkyl halides is 3. The average Bonchev–Trinajstić information content (AvgIpc) is 3.32. The van der Waals surface area contributed by atoms with E-state index in [0.717, 1.165) is 17.0 Å². The van der Waals surface area contributed by atoms with E-state index in [1.54, 1.807) is 6.07 Å². The van der Waals surface area contributed by atoms with Gasteiger partial charge in [-0.3, -0.25) is 19.8 Å². The zero-order chi connectivity index (χ0) is 23.8. The van der Waals surface area contributed by atoms with Crippen molar-refractivity contribution in [3.05, 3.63) is 82.2 Å². The van der Waals surface area contributed by atoms with Gasteiger partial charge in [0.05, 0.1) is 16.2 Å². The van der Waals surface area contributed by atoms with E-state index in [1.165, 1.54) is 48.5 Å². The van der Waals surface area contributed by atoms with E-state index in [0.29, 0.717) is 0 Å². The molecule has 1 saturated heterocycles. The van der Waals surface area contributed by atoms with E-state index in [9.17, 15) is 28.1 Å². The molecule has 8 nitrogen and oxygen atoms in total. The van der Waals surface area contributed by atoms with E-state index < -0.39 is 22.9 Å². The molecule has 0 bridgehead atoms. The topological polar surface area (TPSA) is 97.8 Å². The summed E-state index contributed by atoms with van der Waals surface area (Å²) in [7, 11) is 0. The van der Waals surface area contributed by atoms with Crippen molar-refractivity contribution in [3.8, 4) is 17.1 Å². The second kappa shape index (κ2) is 8.39. The van der Waals surface area contributed by atoms with Gasteiger partial charge < -0.3 is 14.5 Å². The van der Waals surface area contributed by atoms with Crippen LogP contribution in [0.1, 0.15) is 5.76 Å². The summed E-state index contributed by atoms with van der Waals surface area (Å²) in [5.41, 5.74) is 0.428. The first-order valence-electron chi connectivity index (χ1n) is 9.19. The molecule has 1 aliphatic heterocycles. The second-order valence-corrected chi connectivity index (χ2v) is 7.03. The number of carbonyl (C=O) groups is 1. The molecule has 12 heteroatoms. The van der Waals surface area contributed by atoms with Gasteiger partial charge in [0.15, 0.2) is 5.11 Å². The zero-order valence-electron chi connectivity index (χ0n) is 16.3. The van der Waals surface area contributed by atoms with Crippen molar-refractivity contribution < 1.29 is 32.0 Å². The maximum absolute atomic E-state index is 12.8. The van der Waals surface area contributed by atoms with Gasteiger partial charge in [-0.2, -0.15) is 0 Å². The Bertz CT molecular complexity index is 1280. The normalized spacial score (nSPS) is 15.1. The molecule has 1 amide bonds. The third kappa shape index (κ3) is 4.70. The number of nitrogens with zero attached hydrogens (tertiary/aromatic N) is 2. The highest BCUT2D eigenvalue weighted by Crippen LogP contribution is 2.32. The number of amides is 1. The lowest BCUT2D eigenvalue weighted by Gasteiger charge is -2.15. The highest BCUT2D eigenvalue weighted by Gasteiger charge is 2.33. The Kier molecular flexibility index (Phi) is 5.60. The van der Waals surface area contributed by atoms with Crippen molar-refractivity contribution in [2.45, 2.75) is 6.36 Å². The van der Waals surface area contributed by atoms with Crippen LogP contribution < -0.4 is 15.0 Å². The molecule has 4 rings (SSSR count). The van der Waals surface area contributed by atoms with Crippen LogP contribution in [0.15, 0.2) is 70.8 Å². The fraction of sp³-hybridized carbons (Fsp3) is 0.0476. The molecule has 1 aromatic heterocycles. The third-order valence-corrected chi connectivity index (χ3v) is 4.77. The number of hydrogen-bond donors (Lipinski definition) is 1. The summed E-state index contributed by atoms with van der Waals surface area (Å²) in [5, 5.41) is 14.0. The summed E-state index contributed by atoms with van der Waals surface area (Å²) >= 11 is 5.18. The van der Waals surface area contributed by atoms with Gasteiger partial charge in [0, 0.05) is 12.1 Å². The number of halogens is 3. The number of anilines is 1. The molecule has 1 fully saturated rings. The largest absolute Gasteiger partial charge is 0.573 e. The van der Waals surface area contributed by atoms with E-state index in [2.05, 4.69) is 10.1 Å². The summed E-state index contributed by atoms with van der Waals surface area (Å²) in [6.45, 7) is 0. The van der Waals surface area contributed by atoms with Crippen LogP contribution in [0.2, 0.25) is 0 Å². The summed E-state index contributed by atoms with van der Waals surface area (Å²) in [5.74, 6) is -0.532. The molecule has 2 heterocycles. The number of thiocarbonyl (C=S) groups is 1. The number of nitro benzene ring substituents is 1. The fourth-order valence-electron chi connectivity index (χ4n) is 3.13. The van der Waals surface area contributed by atoms with E-state index >= 15 is 0 Å². The number of ether oxygens (including phenoxy) is 1. The van der Waals surface area contributed by atoms with Gasteiger partial charge in [0.25, 0.3) is 11.6 Å². The van der Waals surface area contributed by atoms with Gasteiger partial charge in [0.2, 0.25) is 0 Å². The molecule has 0 radical (unpaired) electrons. The van der Waals surface area contributed by atoms with Gasteiger partial charge >= 0.3 is 6.36 Å². The molecule has 0 saturated carbocycles. The number of hydrogen-bond acceptors (Lipinski definition) is 6. The van der Waals surface area contributed by atoms with Gasteiger partial charge in [-0.1, -0.05) is 12.1 Å². The minimum atomic E-state index is -4.83. The Hall–Kier alpha value is -4.19. The van der Waals surface area contributed by atoms with E-state index in [1.807, 2.05) is 0 Å². The molecule has 2 aromatic carbocycles. The summed E-state index contributed by atoms with van der Waals surface area (Å²) in [4.78, 5) is 24.6. The molecule has 33 heavy (non-hydrogen) atoms. The Labute approximate surface area is 189 Å². The highest BCUT2D eigenvalue weighted by molar-refractivity contribution is 7.80. The molecule has 0 aliphatic carbocycles. The molecule has 1 aliphatic rings. The standard InChI is InChI=1S/C21H12F3N3O5S/c22-21(23,24)32-13-7-5-12(6-8-13)26-19(28)16(25-20(26)33)11-14-9-10-18(31-14)15-3-1-2-4-17(15)27(29)30/h1-11H,(H,25,33)/b16-11-. The average molecular weight is 475 g/mol. The third-order valence-electron chi connectivity index (χ3n) is 4.49. The van der Waals surface area contributed by atoms with Gasteiger partial charge in [0.1, 0.15) is 23.0 Å². The maximum atomic E-state index is 12.8. The Morgan fingerprint density at radius 3 is 2.45 bits per heavy atom. The summed E-state index contributed by atoms with van der Waals surface area (Å²) < 4.78 is 46.5. The number of carbonyl (C=O) groups excluding carboxylic acids is 1. The highest BCUT2D eigenvalue weighted by atomic mass is 32.1. The number of para-hydroxylation sites is 1. The Balaban J connectivity index is 1.56. The van der Waals surface area contributed by atoms with Crippen LogP contribution in [-0.2, 0) is 4.79 Å². The van der Waals surface area contributed by atoms with Crippen molar-refractivity contribution in [1.29, 1.82) is 0 Å². The lowest BCUT2D eigenvalue weighted by Crippen LogP contribution is -2.30. The van der Waals surface area contributed by atoms with Gasteiger partial charge in [-0.05, 0) is 54.7 Å². The molecule has 0 unspecified atom stereocenters. The fourth-order valence-corrected chi connectivity index (χ4v) is 3.42. The SMILES string of the molecule is O=C1/C(=C/c2ccc(-c3ccccc3[N+](=O)[O-])o2)NC(=S)N1c1ccc(OC(F)(F)F)cc1. The first kappa shape index (κ1) is 22.0. The number of nitrogens with one attached hydrogen (secondary N) is 1. The van der Waals surface area contributed by atoms with Crippen molar-refractivity contribution in [1.82, 2.24) is 5.32 Å². The van der Waals surface area contributed by atoms with Crippen LogP contribution in [0.5, 0.6) is 5.75 Å². The summed E-state index contributed by atoms with van der Waals surface area (Å²) in [6, 6.07) is 13.8. The number of benzene rings is 2. The van der Waals surface area contributed by atoms with Crippen LogP contribution in [0.25, 0.3) is 17.4 Å². The first-order chi connectivity index (χ1) is 15.6. The zero-order valence-corrected chi connectivity index (χ0v) is 17.1. The second-order valence-electron chi connectivity index (χ2n) is 6.65. The van der Waals surface area contributed by atoms with Crippen LogP contribution in [0.4, 0.5) is 24.5 Å². The number of furan rings is 1. The summed E-state index contributed by atoms with van der Waals surface area (Å²) in [6.07, 6.45) is -3.46. The van der Waals surface area contributed by atoms with Crippen molar-refractivity contribution in [2.75, 3.05) is 4.90 Å². The molecule has 3 aromatic rings. The van der Waals surface area contributed by atoms with Crippen LogP contribution in [0.3, 0.4) is 0 Å². The van der Waals surface area contributed by atoms with Crippen molar-refractivity contribution in [2.24, 2.45) is 0 Å². The van der Waals surface area contributed by atoms with Gasteiger partial charge in [-0.15, -0.1) is 13.2 Å². The predicted molar refractivity (Wildman–Crippen MR) is 115 cm³/mol. The van der Waals surface area contributed by atoms with Crippen LogP contribution >= 0.6 is 12.2 Å². The number of nitro groups is 1.